The van der Waals surface area contributed by atoms with E-state index >= 15 is 0 Å². The van der Waals surface area contributed by atoms with Crippen LogP contribution in [0.2, 0.25) is 0 Å². The van der Waals surface area contributed by atoms with E-state index in [1.165, 1.54) is 0 Å². The molecule has 0 atom stereocenters. The number of quaternary nitrogens is 1. The average Bonchev–Trinajstić information content (AvgIpc) is 2.51. The fraction of sp³-hybridized carbons (Fsp3) is 0.211. The van der Waals surface area contributed by atoms with Crippen molar-refractivity contribution in [2.75, 3.05) is 14.1 Å². The first-order valence-electron chi connectivity index (χ1n) is 7.61. The van der Waals surface area contributed by atoms with Gasteiger partial charge in [0.1, 0.15) is 18.1 Å². The molecule has 0 aliphatic rings. The maximum atomic E-state index is 13.0. The molecule has 0 fully saturated rings. The maximum Gasteiger partial charge on any atom is 0.200 e. The van der Waals surface area contributed by atoms with E-state index in [-0.39, 0.29) is 11.2 Å². The molecule has 0 aliphatic carbocycles. The highest BCUT2D eigenvalue weighted by Gasteiger charge is 2.19. The third-order valence-corrected chi connectivity index (χ3v) is 3.91. The Morgan fingerprint density at radius 1 is 1.09 bits per heavy atom. The molecule has 0 radical (unpaired) electrons. The standard InChI is InChI=1S/C19H19NO3/c1-12-17(13-7-5-4-6-8-13)18(22)14-9-10-16(21)15(11-20(2)3)19(14)23-12/h4-10,21H,11H2,1-3H3/p+1. The first-order chi connectivity index (χ1) is 11.0. The van der Waals surface area contributed by atoms with Crippen molar-refractivity contribution in [2.24, 2.45) is 0 Å². The van der Waals surface area contributed by atoms with Crippen LogP contribution >= 0.6 is 0 Å². The van der Waals surface area contributed by atoms with E-state index in [1.807, 2.05) is 44.4 Å². The molecule has 4 heteroatoms. The number of hydrogen-bond acceptors (Lipinski definition) is 3. The number of fused-ring (bicyclic) bond motifs is 1. The van der Waals surface area contributed by atoms with Gasteiger partial charge in [-0.3, -0.25) is 4.79 Å². The van der Waals surface area contributed by atoms with Crippen molar-refractivity contribution in [3.8, 4) is 16.9 Å². The molecule has 0 bridgehead atoms. The normalized spacial score (nSPS) is 11.3. The number of aryl methyl sites for hydroxylation is 1. The van der Waals surface area contributed by atoms with Crippen molar-refractivity contribution in [1.82, 2.24) is 0 Å². The van der Waals surface area contributed by atoms with Crippen molar-refractivity contribution in [1.29, 1.82) is 0 Å². The zero-order valence-electron chi connectivity index (χ0n) is 13.5. The van der Waals surface area contributed by atoms with Gasteiger partial charge in [-0.2, -0.15) is 0 Å². The molecule has 0 saturated carbocycles. The summed E-state index contributed by atoms with van der Waals surface area (Å²) in [5.41, 5.74) is 2.50. The van der Waals surface area contributed by atoms with Gasteiger partial charge in [-0.25, -0.2) is 0 Å². The smallest absolute Gasteiger partial charge is 0.200 e. The van der Waals surface area contributed by atoms with Gasteiger partial charge in [0.15, 0.2) is 5.58 Å². The van der Waals surface area contributed by atoms with Crippen LogP contribution in [0.1, 0.15) is 11.3 Å². The molecule has 118 valence electrons. The Morgan fingerprint density at radius 3 is 2.43 bits per heavy atom. The molecule has 0 aliphatic heterocycles. The number of hydrogen-bond donors (Lipinski definition) is 2. The topological polar surface area (TPSA) is 54.9 Å². The molecule has 1 heterocycles. The summed E-state index contributed by atoms with van der Waals surface area (Å²) in [4.78, 5) is 14.1. The van der Waals surface area contributed by atoms with Crippen LogP contribution in [0.5, 0.6) is 5.75 Å². The third kappa shape index (κ3) is 2.73. The second kappa shape index (κ2) is 5.89. The molecule has 1 aromatic heterocycles. The van der Waals surface area contributed by atoms with Crippen LogP contribution in [0.4, 0.5) is 0 Å². The second-order valence-electron chi connectivity index (χ2n) is 6.05. The number of rotatable bonds is 3. The summed E-state index contributed by atoms with van der Waals surface area (Å²) in [6.45, 7) is 2.37. The number of phenolic OH excluding ortho intramolecular Hbond substituents is 1. The van der Waals surface area contributed by atoms with Crippen molar-refractivity contribution < 1.29 is 14.4 Å². The van der Waals surface area contributed by atoms with E-state index in [1.54, 1.807) is 19.1 Å². The maximum absolute atomic E-state index is 13.0. The Labute approximate surface area is 134 Å². The molecular formula is C19H20NO3+. The van der Waals surface area contributed by atoms with Gasteiger partial charge in [0, 0.05) is 0 Å². The van der Waals surface area contributed by atoms with Gasteiger partial charge in [-0.15, -0.1) is 0 Å². The van der Waals surface area contributed by atoms with E-state index in [9.17, 15) is 9.90 Å². The minimum Gasteiger partial charge on any atom is -0.507 e. The highest BCUT2D eigenvalue weighted by Crippen LogP contribution is 2.29. The molecule has 0 amide bonds. The predicted molar refractivity (Wildman–Crippen MR) is 90.8 cm³/mol. The Morgan fingerprint density at radius 2 is 1.78 bits per heavy atom. The van der Waals surface area contributed by atoms with Gasteiger partial charge in [-0.1, -0.05) is 30.3 Å². The van der Waals surface area contributed by atoms with Crippen molar-refractivity contribution in [3.05, 3.63) is 64.0 Å². The number of nitrogens with one attached hydrogen (secondary N) is 1. The van der Waals surface area contributed by atoms with E-state index in [4.69, 9.17) is 4.42 Å². The van der Waals surface area contributed by atoms with Gasteiger partial charge in [0.25, 0.3) is 0 Å². The highest BCUT2D eigenvalue weighted by molar-refractivity contribution is 5.86. The van der Waals surface area contributed by atoms with E-state index < -0.39 is 0 Å². The van der Waals surface area contributed by atoms with Crippen molar-refractivity contribution in [3.63, 3.8) is 0 Å². The average molecular weight is 310 g/mol. The van der Waals surface area contributed by atoms with Crippen molar-refractivity contribution in [2.45, 2.75) is 13.5 Å². The number of phenols is 1. The van der Waals surface area contributed by atoms with Crippen LogP contribution in [0.3, 0.4) is 0 Å². The lowest BCUT2D eigenvalue weighted by Gasteiger charge is -2.13. The van der Waals surface area contributed by atoms with Crippen LogP contribution in [0.25, 0.3) is 22.1 Å². The fourth-order valence-electron chi connectivity index (χ4n) is 2.88. The van der Waals surface area contributed by atoms with Crippen LogP contribution < -0.4 is 10.3 Å². The van der Waals surface area contributed by atoms with Gasteiger partial charge >= 0.3 is 0 Å². The van der Waals surface area contributed by atoms with Gasteiger partial charge in [-0.05, 0) is 24.6 Å². The SMILES string of the molecule is Cc1oc2c(C[NH+](C)C)c(O)ccc2c(=O)c1-c1ccccc1. The van der Waals surface area contributed by atoms with Gasteiger partial charge in [0.05, 0.1) is 30.6 Å². The Hall–Kier alpha value is -2.59. The minimum absolute atomic E-state index is 0.0649. The predicted octanol–water partition coefficient (Wildman–Crippen LogP) is 2.12. The third-order valence-electron chi connectivity index (χ3n) is 3.91. The van der Waals surface area contributed by atoms with Gasteiger partial charge in [0.2, 0.25) is 5.43 Å². The van der Waals surface area contributed by atoms with E-state index in [0.717, 1.165) is 10.5 Å². The van der Waals surface area contributed by atoms with E-state index in [0.29, 0.717) is 34.4 Å². The summed E-state index contributed by atoms with van der Waals surface area (Å²) in [6, 6.07) is 12.7. The zero-order valence-corrected chi connectivity index (χ0v) is 13.5. The summed E-state index contributed by atoms with van der Waals surface area (Å²) in [5.74, 6) is 0.725. The summed E-state index contributed by atoms with van der Waals surface area (Å²) in [6.07, 6.45) is 0. The van der Waals surface area contributed by atoms with Crippen LogP contribution in [0, 0.1) is 6.92 Å². The fourth-order valence-corrected chi connectivity index (χ4v) is 2.88. The monoisotopic (exact) mass is 310 g/mol. The second-order valence-corrected chi connectivity index (χ2v) is 6.05. The molecule has 23 heavy (non-hydrogen) atoms. The van der Waals surface area contributed by atoms with Gasteiger partial charge < -0.3 is 14.4 Å². The summed E-state index contributed by atoms with van der Waals surface area (Å²) in [5, 5.41) is 10.7. The Bertz CT molecular complexity index is 911. The lowest BCUT2D eigenvalue weighted by Crippen LogP contribution is -3.04. The van der Waals surface area contributed by atoms with Crippen LogP contribution in [-0.2, 0) is 6.54 Å². The largest absolute Gasteiger partial charge is 0.507 e. The summed E-state index contributed by atoms with van der Waals surface area (Å²) in [7, 11) is 3.98. The summed E-state index contributed by atoms with van der Waals surface area (Å²) >= 11 is 0. The zero-order chi connectivity index (χ0) is 16.6. The molecular weight excluding hydrogens is 290 g/mol. The first kappa shape index (κ1) is 15.3. The summed E-state index contributed by atoms with van der Waals surface area (Å²) < 4.78 is 5.97. The molecule has 0 saturated heterocycles. The lowest BCUT2D eigenvalue weighted by atomic mass is 10.0. The van der Waals surface area contributed by atoms with E-state index in [2.05, 4.69) is 0 Å². The van der Waals surface area contributed by atoms with Crippen LogP contribution in [-0.4, -0.2) is 19.2 Å². The number of benzene rings is 2. The number of aromatic hydroxyl groups is 1. The van der Waals surface area contributed by atoms with Crippen LogP contribution in [0.15, 0.2) is 51.7 Å². The Kier molecular flexibility index (Phi) is 3.92. The lowest BCUT2D eigenvalue weighted by molar-refractivity contribution is -0.872. The molecule has 3 aromatic rings. The molecule has 2 N–H and O–H groups in total. The molecule has 0 spiro atoms. The first-order valence-corrected chi connectivity index (χ1v) is 7.61. The Balaban J connectivity index is 2.33. The highest BCUT2D eigenvalue weighted by atomic mass is 16.3. The quantitative estimate of drug-likeness (QED) is 0.779. The molecule has 0 unspecified atom stereocenters. The van der Waals surface area contributed by atoms with Crippen molar-refractivity contribution >= 4 is 11.0 Å². The molecule has 3 rings (SSSR count). The molecule has 4 nitrogen and oxygen atoms in total. The minimum atomic E-state index is -0.0649. The molecule has 2 aromatic carbocycles.